The van der Waals surface area contributed by atoms with E-state index in [1.807, 2.05) is 11.9 Å². The summed E-state index contributed by atoms with van der Waals surface area (Å²) in [6, 6.07) is 6.79. The highest BCUT2D eigenvalue weighted by Gasteiger charge is 2.32. The Morgan fingerprint density at radius 3 is 2.58 bits per heavy atom. The average Bonchev–Trinajstić information content (AvgIpc) is 3.30. The number of carbonyl (C=O) groups excluding carboxylic acids is 2. The maximum atomic E-state index is 12.9. The van der Waals surface area contributed by atoms with Crippen molar-refractivity contribution in [1.29, 1.82) is 0 Å². The molecule has 3 heterocycles. The molecule has 0 unspecified atom stereocenters. The molecule has 0 saturated carbocycles. The molecule has 1 fully saturated rings. The Hall–Kier alpha value is -3.62. The number of halogens is 3. The fourth-order valence-corrected chi connectivity index (χ4v) is 4.16. The molecule has 10 nitrogen and oxygen atoms in total. The van der Waals surface area contributed by atoms with Crippen LogP contribution in [-0.4, -0.2) is 82.9 Å². The fourth-order valence-electron chi connectivity index (χ4n) is 3.43. The van der Waals surface area contributed by atoms with Gasteiger partial charge in [-0.15, -0.1) is 23.4 Å². The minimum absolute atomic E-state index is 0.00227. The Morgan fingerprint density at radius 1 is 1.11 bits per heavy atom. The number of benzene rings is 1. The third-order valence-electron chi connectivity index (χ3n) is 5.26. The third kappa shape index (κ3) is 6.96. The fraction of sp³-hybridized carbons (Fsp3) is 0.318. The molecule has 2 aromatic heterocycles. The van der Waals surface area contributed by atoms with Gasteiger partial charge in [0.05, 0.1) is 12.2 Å². The topological polar surface area (TPSA) is 113 Å². The summed E-state index contributed by atoms with van der Waals surface area (Å²) in [4.78, 5) is 33.3. The van der Waals surface area contributed by atoms with Gasteiger partial charge in [-0.3, -0.25) is 24.8 Å². The number of piperazine rings is 1. The highest BCUT2D eigenvalue weighted by molar-refractivity contribution is 7.18. The molecule has 0 spiro atoms. The number of anilines is 2. The van der Waals surface area contributed by atoms with Crippen molar-refractivity contribution in [3.05, 3.63) is 48.3 Å². The zero-order chi connectivity index (χ0) is 25.7. The predicted molar refractivity (Wildman–Crippen MR) is 127 cm³/mol. The molecule has 36 heavy (non-hydrogen) atoms. The number of likely N-dealkylation sites (N-methyl/N-ethyl adjacent to an activating group) is 1. The molecule has 14 heteroatoms. The number of rotatable bonds is 7. The zero-order valence-electron chi connectivity index (χ0n) is 19.1. The van der Waals surface area contributed by atoms with Crippen molar-refractivity contribution in [2.24, 2.45) is 0 Å². The first kappa shape index (κ1) is 25.5. The molecule has 1 saturated heterocycles. The first-order chi connectivity index (χ1) is 17.2. The summed E-state index contributed by atoms with van der Waals surface area (Å²) >= 11 is 1.11. The lowest BCUT2D eigenvalue weighted by Crippen LogP contribution is -2.47. The van der Waals surface area contributed by atoms with Crippen LogP contribution in [0, 0.1) is 0 Å². The minimum Gasteiger partial charge on any atom is -0.404 e. The summed E-state index contributed by atoms with van der Waals surface area (Å²) in [5, 5.41) is 13.7. The van der Waals surface area contributed by atoms with Crippen LogP contribution in [0.15, 0.2) is 42.7 Å². The van der Waals surface area contributed by atoms with Crippen LogP contribution >= 0.6 is 11.3 Å². The SMILES string of the molecule is CN1CCN(CC(=O)Nc2cc(C(=O)Nc3nnc(-c4cccnc4)s3)ccc2OC(F)(F)F)CC1. The molecule has 2 amide bonds. The lowest BCUT2D eigenvalue weighted by molar-refractivity contribution is -0.274. The average molecular weight is 522 g/mol. The van der Waals surface area contributed by atoms with Gasteiger partial charge in [0.15, 0.2) is 10.8 Å². The molecule has 0 atom stereocenters. The van der Waals surface area contributed by atoms with Crippen LogP contribution in [0.5, 0.6) is 5.75 Å². The molecule has 1 aromatic carbocycles. The van der Waals surface area contributed by atoms with Crippen LogP contribution in [-0.2, 0) is 4.79 Å². The van der Waals surface area contributed by atoms with E-state index in [9.17, 15) is 22.8 Å². The second kappa shape index (κ2) is 11.0. The first-order valence-electron chi connectivity index (χ1n) is 10.8. The number of aromatic nitrogens is 3. The maximum Gasteiger partial charge on any atom is 0.573 e. The van der Waals surface area contributed by atoms with Gasteiger partial charge in [-0.1, -0.05) is 11.3 Å². The van der Waals surface area contributed by atoms with E-state index in [-0.39, 0.29) is 22.9 Å². The number of nitrogens with one attached hydrogen (secondary N) is 2. The maximum absolute atomic E-state index is 12.9. The number of nitrogens with zero attached hydrogens (tertiary/aromatic N) is 5. The monoisotopic (exact) mass is 521 g/mol. The molecule has 0 bridgehead atoms. The number of carbonyl (C=O) groups is 2. The number of hydrogen-bond donors (Lipinski definition) is 2. The van der Waals surface area contributed by atoms with Gasteiger partial charge in [0, 0.05) is 49.7 Å². The lowest BCUT2D eigenvalue weighted by Gasteiger charge is -2.31. The number of hydrogen-bond acceptors (Lipinski definition) is 9. The first-order valence-corrected chi connectivity index (χ1v) is 11.6. The highest BCUT2D eigenvalue weighted by Crippen LogP contribution is 2.32. The van der Waals surface area contributed by atoms with Gasteiger partial charge in [0.1, 0.15) is 0 Å². The second-order valence-electron chi connectivity index (χ2n) is 7.99. The van der Waals surface area contributed by atoms with Gasteiger partial charge < -0.3 is 15.0 Å². The van der Waals surface area contributed by atoms with Gasteiger partial charge in [0.25, 0.3) is 5.91 Å². The normalized spacial score (nSPS) is 14.9. The van der Waals surface area contributed by atoms with Crippen LogP contribution in [0.2, 0.25) is 0 Å². The van der Waals surface area contributed by atoms with Gasteiger partial charge in [-0.2, -0.15) is 0 Å². The van der Waals surface area contributed by atoms with Crippen LogP contribution in [0.1, 0.15) is 10.4 Å². The predicted octanol–water partition coefficient (Wildman–Crippen LogP) is 2.94. The molecule has 1 aliphatic rings. The highest BCUT2D eigenvalue weighted by atomic mass is 32.1. The minimum atomic E-state index is -4.98. The van der Waals surface area contributed by atoms with Crippen LogP contribution < -0.4 is 15.4 Å². The van der Waals surface area contributed by atoms with Gasteiger partial charge >= 0.3 is 6.36 Å². The Labute approximate surface area is 208 Å². The Kier molecular flexibility index (Phi) is 7.76. The Morgan fingerprint density at radius 2 is 1.89 bits per heavy atom. The molecule has 0 aliphatic carbocycles. The molecule has 4 rings (SSSR count). The molecular formula is C22H22F3N7O3S. The van der Waals surface area contributed by atoms with Crippen molar-refractivity contribution in [3.8, 4) is 16.3 Å². The summed E-state index contributed by atoms with van der Waals surface area (Å²) in [6.45, 7) is 2.86. The van der Waals surface area contributed by atoms with Crippen molar-refractivity contribution in [2.45, 2.75) is 6.36 Å². The van der Waals surface area contributed by atoms with Gasteiger partial charge in [-0.25, -0.2) is 0 Å². The van der Waals surface area contributed by atoms with E-state index in [2.05, 4.69) is 35.5 Å². The molecule has 3 aromatic rings. The van der Waals surface area contributed by atoms with Crippen LogP contribution in [0.25, 0.3) is 10.6 Å². The molecule has 0 radical (unpaired) electrons. The largest absolute Gasteiger partial charge is 0.573 e. The number of pyridine rings is 1. The second-order valence-corrected chi connectivity index (χ2v) is 8.97. The van der Waals surface area contributed by atoms with Crippen molar-refractivity contribution >= 4 is 34.0 Å². The zero-order valence-corrected chi connectivity index (χ0v) is 19.9. The molecular weight excluding hydrogens is 499 g/mol. The summed E-state index contributed by atoms with van der Waals surface area (Å²) in [7, 11) is 1.97. The van der Waals surface area contributed by atoms with Gasteiger partial charge in [0.2, 0.25) is 11.0 Å². The summed E-state index contributed by atoms with van der Waals surface area (Å²) in [5.41, 5.74) is 0.444. The van der Waals surface area contributed by atoms with E-state index < -0.39 is 23.9 Å². The van der Waals surface area contributed by atoms with Gasteiger partial charge in [-0.05, 0) is 37.4 Å². The summed E-state index contributed by atoms with van der Waals surface area (Å²) < 4.78 is 42.8. The molecule has 190 valence electrons. The van der Waals surface area contributed by atoms with E-state index in [1.54, 1.807) is 24.5 Å². The smallest absolute Gasteiger partial charge is 0.404 e. The number of ether oxygens (including phenoxy) is 1. The standard InChI is InChI=1S/C22H22F3N7O3S/c1-31-7-9-32(10-8-31)13-18(33)27-16-11-14(4-5-17(16)35-22(23,24)25)19(34)28-21-30-29-20(36-21)15-3-2-6-26-12-15/h2-6,11-12H,7-10,13H2,1H3,(H,27,33)(H,28,30,34). The quantitative estimate of drug-likeness (QED) is 0.488. The summed E-state index contributed by atoms with van der Waals surface area (Å²) in [5.74, 6) is -1.79. The van der Waals surface area contributed by atoms with E-state index in [1.165, 1.54) is 0 Å². The third-order valence-corrected chi connectivity index (χ3v) is 6.15. The Balaban J connectivity index is 1.48. The Bertz CT molecular complexity index is 1220. The lowest BCUT2D eigenvalue weighted by atomic mass is 10.1. The molecule has 1 aliphatic heterocycles. The van der Waals surface area contributed by atoms with Crippen LogP contribution in [0.3, 0.4) is 0 Å². The van der Waals surface area contributed by atoms with E-state index in [0.717, 1.165) is 48.2 Å². The van der Waals surface area contributed by atoms with Crippen molar-refractivity contribution in [2.75, 3.05) is 50.4 Å². The summed E-state index contributed by atoms with van der Waals surface area (Å²) in [6.07, 6.45) is -1.76. The van der Waals surface area contributed by atoms with E-state index >= 15 is 0 Å². The van der Waals surface area contributed by atoms with Crippen molar-refractivity contribution in [3.63, 3.8) is 0 Å². The van der Waals surface area contributed by atoms with Crippen molar-refractivity contribution in [1.82, 2.24) is 25.0 Å². The van der Waals surface area contributed by atoms with E-state index in [4.69, 9.17) is 0 Å². The van der Waals surface area contributed by atoms with Crippen molar-refractivity contribution < 1.29 is 27.5 Å². The number of amides is 2. The van der Waals surface area contributed by atoms with Crippen LogP contribution in [0.4, 0.5) is 24.0 Å². The molecule has 2 N–H and O–H groups in total. The number of alkyl halides is 3. The van der Waals surface area contributed by atoms with E-state index in [0.29, 0.717) is 18.1 Å².